The lowest BCUT2D eigenvalue weighted by Crippen LogP contribution is -2.00. The fourth-order valence-corrected chi connectivity index (χ4v) is 2.72. The summed E-state index contributed by atoms with van der Waals surface area (Å²) in [7, 11) is 0. The lowest BCUT2D eigenvalue weighted by atomic mass is 9.97. The molecule has 2 rings (SSSR count). The summed E-state index contributed by atoms with van der Waals surface area (Å²) in [5.74, 6) is 0.773. The van der Waals surface area contributed by atoms with Gasteiger partial charge in [0.1, 0.15) is 5.75 Å². The van der Waals surface area contributed by atoms with Crippen LogP contribution in [0.15, 0.2) is 46.9 Å². The predicted octanol–water partition coefficient (Wildman–Crippen LogP) is 4.94. The Hall–Kier alpha value is -1.32. The maximum Gasteiger partial charge on any atom is 0.118 e. The Balaban J connectivity index is 2.01. The Morgan fingerprint density at radius 3 is 2.24 bits per heavy atom. The van der Waals surface area contributed by atoms with E-state index in [1.165, 1.54) is 5.56 Å². The molecule has 1 atom stereocenters. The summed E-state index contributed by atoms with van der Waals surface area (Å²) in [6.07, 6.45) is 0.716. The van der Waals surface area contributed by atoms with Crippen molar-refractivity contribution >= 4 is 15.9 Å². The molecule has 0 bridgehead atoms. The fourth-order valence-electron chi connectivity index (χ4n) is 2.32. The van der Waals surface area contributed by atoms with E-state index in [-0.39, 0.29) is 5.75 Å². The summed E-state index contributed by atoms with van der Waals surface area (Å²) < 4.78 is 0.936. The van der Waals surface area contributed by atoms with Crippen molar-refractivity contribution in [2.75, 3.05) is 0 Å². The number of aromatic hydroxyl groups is 1. The molecule has 0 aliphatic rings. The van der Waals surface area contributed by atoms with Gasteiger partial charge in [-0.3, -0.25) is 0 Å². The van der Waals surface area contributed by atoms with Crippen molar-refractivity contribution in [3.63, 3.8) is 0 Å². The number of aliphatic hydroxyl groups is 1. The van der Waals surface area contributed by atoms with Crippen molar-refractivity contribution in [1.29, 1.82) is 0 Å². The van der Waals surface area contributed by atoms with Gasteiger partial charge in [0.05, 0.1) is 6.10 Å². The molecule has 3 heteroatoms. The van der Waals surface area contributed by atoms with Gasteiger partial charge in [-0.15, -0.1) is 0 Å². The van der Waals surface area contributed by atoms with Crippen molar-refractivity contribution in [2.45, 2.75) is 38.7 Å². The standard InChI is InChI=1S/C18H21BrO2/c1-12(2)13-3-5-14(6-4-13)17(20)9-7-15-11-16(19)8-10-18(15)21/h3-6,8,10-12,17,20-21H,7,9H2,1-2H3. The first-order chi connectivity index (χ1) is 9.97. The molecule has 2 aromatic rings. The van der Waals surface area contributed by atoms with Crippen LogP contribution in [0.1, 0.15) is 49.0 Å². The Morgan fingerprint density at radius 1 is 1.00 bits per heavy atom. The Bertz CT molecular complexity index is 591. The number of aliphatic hydroxyl groups excluding tert-OH is 1. The van der Waals surface area contributed by atoms with E-state index >= 15 is 0 Å². The molecule has 112 valence electrons. The van der Waals surface area contributed by atoms with Crippen LogP contribution in [-0.4, -0.2) is 10.2 Å². The third kappa shape index (κ3) is 4.32. The molecule has 0 aromatic heterocycles. The number of phenolic OH excluding ortho intramolecular Hbond substituents is 1. The maximum atomic E-state index is 10.3. The first-order valence-electron chi connectivity index (χ1n) is 7.22. The highest BCUT2D eigenvalue weighted by atomic mass is 79.9. The molecule has 0 radical (unpaired) electrons. The van der Waals surface area contributed by atoms with E-state index in [9.17, 15) is 10.2 Å². The molecule has 1 unspecified atom stereocenters. The predicted molar refractivity (Wildman–Crippen MR) is 89.6 cm³/mol. The first kappa shape index (κ1) is 16.1. The molecule has 0 amide bonds. The molecule has 0 fully saturated rings. The van der Waals surface area contributed by atoms with Crippen LogP contribution in [0.4, 0.5) is 0 Å². The highest BCUT2D eigenvalue weighted by Gasteiger charge is 2.10. The molecule has 0 spiro atoms. The SMILES string of the molecule is CC(C)c1ccc(C(O)CCc2cc(Br)ccc2O)cc1. The van der Waals surface area contributed by atoms with Gasteiger partial charge in [0.2, 0.25) is 0 Å². The lowest BCUT2D eigenvalue weighted by Gasteiger charge is -2.13. The monoisotopic (exact) mass is 348 g/mol. The summed E-state index contributed by atoms with van der Waals surface area (Å²) in [6, 6.07) is 13.5. The Labute approximate surface area is 134 Å². The number of hydrogen-bond donors (Lipinski definition) is 2. The van der Waals surface area contributed by atoms with Gasteiger partial charge >= 0.3 is 0 Å². The van der Waals surface area contributed by atoms with Gasteiger partial charge in [0.15, 0.2) is 0 Å². The van der Waals surface area contributed by atoms with E-state index < -0.39 is 6.10 Å². The largest absolute Gasteiger partial charge is 0.508 e. The molecular formula is C18H21BrO2. The van der Waals surface area contributed by atoms with E-state index in [0.717, 1.165) is 15.6 Å². The average molecular weight is 349 g/mol. The van der Waals surface area contributed by atoms with Crippen molar-refractivity contribution < 1.29 is 10.2 Å². The number of aryl methyl sites for hydroxylation is 1. The van der Waals surface area contributed by atoms with Gasteiger partial charge in [-0.25, -0.2) is 0 Å². The maximum absolute atomic E-state index is 10.3. The van der Waals surface area contributed by atoms with E-state index in [1.807, 2.05) is 18.2 Å². The van der Waals surface area contributed by atoms with Gasteiger partial charge in [0, 0.05) is 4.47 Å². The van der Waals surface area contributed by atoms with Crippen LogP contribution in [0, 0.1) is 0 Å². The van der Waals surface area contributed by atoms with Gasteiger partial charge in [-0.2, -0.15) is 0 Å². The number of hydrogen-bond acceptors (Lipinski definition) is 2. The summed E-state index contributed by atoms with van der Waals surface area (Å²) in [6.45, 7) is 4.31. The zero-order valence-corrected chi connectivity index (χ0v) is 14.0. The summed E-state index contributed by atoms with van der Waals surface area (Å²) in [5.41, 5.74) is 3.05. The van der Waals surface area contributed by atoms with E-state index in [4.69, 9.17) is 0 Å². The van der Waals surface area contributed by atoms with Crippen molar-refractivity contribution in [3.05, 3.63) is 63.6 Å². The third-order valence-electron chi connectivity index (χ3n) is 3.72. The number of phenols is 1. The third-order valence-corrected chi connectivity index (χ3v) is 4.21. The minimum Gasteiger partial charge on any atom is -0.508 e. The van der Waals surface area contributed by atoms with Crippen LogP contribution in [0.2, 0.25) is 0 Å². The Morgan fingerprint density at radius 2 is 1.62 bits per heavy atom. The molecule has 0 aliphatic heterocycles. The second-order valence-corrected chi connectivity index (χ2v) is 6.56. The molecule has 0 heterocycles. The molecule has 21 heavy (non-hydrogen) atoms. The van der Waals surface area contributed by atoms with Crippen LogP contribution in [0.3, 0.4) is 0 Å². The van der Waals surface area contributed by atoms with Crippen molar-refractivity contribution in [3.8, 4) is 5.75 Å². The second-order valence-electron chi connectivity index (χ2n) is 5.65. The van der Waals surface area contributed by atoms with Crippen molar-refractivity contribution in [1.82, 2.24) is 0 Å². The fraction of sp³-hybridized carbons (Fsp3) is 0.333. The van der Waals surface area contributed by atoms with Crippen molar-refractivity contribution in [2.24, 2.45) is 0 Å². The van der Waals surface area contributed by atoms with Gasteiger partial charge in [-0.05, 0) is 53.6 Å². The number of rotatable bonds is 5. The van der Waals surface area contributed by atoms with Crippen LogP contribution >= 0.6 is 15.9 Å². The van der Waals surface area contributed by atoms with Crippen LogP contribution in [0.5, 0.6) is 5.75 Å². The first-order valence-corrected chi connectivity index (χ1v) is 8.02. The van der Waals surface area contributed by atoms with Gasteiger partial charge in [0.25, 0.3) is 0 Å². The van der Waals surface area contributed by atoms with E-state index in [1.54, 1.807) is 12.1 Å². The number of halogens is 1. The van der Waals surface area contributed by atoms with Gasteiger partial charge in [-0.1, -0.05) is 54.0 Å². The summed E-state index contributed by atoms with van der Waals surface area (Å²) in [4.78, 5) is 0. The molecule has 0 saturated carbocycles. The van der Waals surface area contributed by atoms with E-state index in [2.05, 4.69) is 41.9 Å². The zero-order chi connectivity index (χ0) is 15.4. The molecule has 0 saturated heterocycles. The zero-order valence-electron chi connectivity index (χ0n) is 12.4. The molecule has 0 aliphatic carbocycles. The normalized spacial score (nSPS) is 12.6. The highest BCUT2D eigenvalue weighted by Crippen LogP contribution is 2.27. The van der Waals surface area contributed by atoms with E-state index in [0.29, 0.717) is 18.8 Å². The highest BCUT2D eigenvalue weighted by molar-refractivity contribution is 9.10. The second kappa shape index (κ2) is 7.10. The molecule has 2 nitrogen and oxygen atoms in total. The lowest BCUT2D eigenvalue weighted by molar-refractivity contribution is 0.167. The minimum absolute atomic E-state index is 0.278. The minimum atomic E-state index is -0.510. The number of benzene rings is 2. The quantitative estimate of drug-likeness (QED) is 0.802. The smallest absolute Gasteiger partial charge is 0.118 e. The summed E-state index contributed by atoms with van der Waals surface area (Å²) >= 11 is 3.40. The molecule has 2 N–H and O–H groups in total. The average Bonchev–Trinajstić information content (AvgIpc) is 2.48. The topological polar surface area (TPSA) is 40.5 Å². The van der Waals surface area contributed by atoms with Crippen LogP contribution in [0.25, 0.3) is 0 Å². The Kier molecular flexibility index (Phi) is 5.43. The molecule has 2 aromatic carbocycles. The van der Waals surface area contributed by atoms with Crippen LogP contribution < -0.4 is 0 Å². The van der Waals surface area contributed by atoms with Gasteiger partial charge < -0.3 is 10.2 Å². The molecular weight excluding hydrogens is 328 g/mol. The van der Waals surface area contributed by atoms with Crippen LogP contribution in [-0.2, 0) is 6.42 Å². The summed E-state index contributed by atoms with van der Waals surface area (Å²) in [5, 5.41) is 20.1.